The first-order chi connectivity index (χ1) is 8.74. The van der Waals surface area contributed by atoms with E-state index in [-0.39, 0.29) is 0 Å². The molecule has 1 N–H and O–H groups in total. The van der Waals surface area contributed by atoms with Crippen molar-refractivity contribution in [2.24, 2.45) is 11.8 Å². The second-order valence-electron chi connectivity index (χ2n) is 6.65. The van der Waals surface area contributed by atoms with Crippen LogP contribution in [0.15, 0.2) is 0 Å². The summed E-state index contributed by atoms with van der Waals surface area (Å²) in [7, 11) is 2.16. The second kappa shape index (κ2) is 6.91. The smallest absolute Gasteiger partial charge is 0.0251 e. The van der Waals surface area contributed by atoms with Crippen LogP contribution >= 0.6 is 0 Å². The molecule has 0 aromatic carbocycles. The third-order valence-corrected chi connectivity index (χ3v) is 5.28. The lowest BCUT2D eigenvalue weighted by molar-refractivity contribution is 0.0681. The fraction of sp³-hybridized carbons (Fsp3) is 1.00. The van der Waals surface area contributed by atoms with Gasteiger partial charge in [-0.25, -0.2) is 0 Å². The Kier molecular flexibility index (Phi) is 5.50. The second-order valence-corrected chi connectivity index (χ2v) is 6.65. The van der Waals surface area contributed by atoms with E-state index in [1.54, 1.807) is 0 Å². The Hall–Kier alpha value is -0.0800. The van der Waals surface area contributed by atoms with Crippen molar-refractivity contribution in [1.29, 1.82) is 0 Å². The van der Waals surface area contributed by atoms with Crippen molar-refractivity contribution < 1.29 is 0 Å². The maximum absolute atomic E-state index is 3.58. The van der Waals surface area contributed by atoms with Crippen LogP contribution < -0.4 is 5.32 Å². The minimum absolute atomic E-state index is 0.742. The third-order valence-electron chi connectivity index (χ3n) is 5.28. The van der Waals surface area contributed by atoms with Gasteiger partial charge in [0.15, 0.2) is 0 Å². The summed E-state index contributed by atoms with van der Waals surface area (Å²) in [6, 6.07) is 1.55. The van der Waals surface area contributed by atoms with E-state index in [1.807, 2.05) is 0 Å². The van der Waals surface area contributed by atoms with Gasteiger partial charge in [0.05, 0.1) is 0 Å². The van der Waals surface area contributed by atoms with Gasteiger partial charge < -0.3 is 5.32 Å². The molecular formula is C16H32N2. The fourth-order valence-electron chi connectivity index (χ4n) is 4.00. The van der Waals surface area contributed by atoms with Crippen LogP contribution in [-0.2, 0) is 0 Å². The summed E-state index contributed by atoms with van der Waals surface area (Å²) in [5.41, 5.74) is 0. The molecule has 1 saturated heterocycles. The average molecular weight is 252 g/mol. The number of nitrogens with zero attached hydrogens (tertiary/aromatic N) is 1. The summed E-state index contributed by atoms with van der Waals surface area (Å²) in [6.45, 7) is 7.42. The highest BCUT2D eigenvalue weighted by Crippen LogP contribution is 2.32. The lowest BCUT2D eigenvalue weighted by atomic mass is 9.78. The summed E-state index contributed by atoms with van der Waals surface area (Å²) < 4.78 is 0. The first-order valence-electron chi connectivity index (χ1n) is 8.15. The van der Waals surface area contributed by atoms with Gasteiger partial charge in [0.1, 0.15) is 0 Å². The molecule has 0 amide bonds. The van der Waals surface area contributed by atoms with Gasteiger partial charge in [-0.15, -0.1) is 0 Å². The Morgan fingerprint density at radius 2 is 1.83 bits per heavy atom. The molecule has 1 heterocycles. The van der Waals surface area contributed by atoms with Crippen LogP contribution in [-0.4, -0.2) is 37.1 Å². The van der Waals surface area contributed by atoms with E-state index in [1.165, 1.54) is 58.0 Å². The largest absolute Gasteiger partial charge is 0.315 e. The molecule has 2 aliphatic rings. The molecule has 2 fully saturated rings. The van der Waals surface area contributed by atoms with Crippen molar-refractivity contribution in [3.05, 3.63) is 0 Å². The Labute approximate surface area is 114 Å². The molecule has 2 rings (SSSR count). The number of hydrogen-bond donors (Lipinski definition) is 1. The summed E-state index contributed by atoms with van der Waals surface area (Å²) in [5.74, 6) is 1.94. The molecule has 3 atom stereocenters. The van der Waals surface area contributed by atoms with Crippen LogP contribution in [0.3, 0.4) is 0 Å². The molecule has 0 bridgehead atoms. The number of nitrogens with one attached hydrogen (secondary N) is 1. The standard InChI is InChI=1S/C16H32N2/c1-4-5-14-6-7-15(17-3)16(12-14)18-10-8-13(2)9-11-18/h13-17H,4-12H2,1-3H3. The minimum Gasteiger partial charge on any atom is -0.315 e. The van der Waals surface area contributed by atoms with E-state index in [0.717, 1.165) is 23.9 Å². The molecule has 0 spiro atoms. The van der Waals surface area contributed by atoms with Crippen LogP contribution in [0.5, 0.6) is 0 Å². The lowest BCUT2D eigenvalue weighted by Gasteiger charge is -2.45. The Morgan fingerprint density at radius 3 is 2.44 bits per heavy atom. The lowest BCUT2D eigenvalue weighted by Crippen LogP contribution is -2.54. The third kappa shape index (κ3) is 3.48. The predicted octanol–water partition coefficient (Wildman–Crippen LogP) is 3.28. The average Bonchev–Trinajstić information content (AvgIpc) is 2.40. The molecular weight excluding hydrogens is 220 g/mol. The molecule has 0 aromatic rings. The highest BCUT2D eigenvalue weighted by atomic mass is 15.2. The highest BCUT2D eigenvalue weighted by molar-refractivity contribution is 4.91. The van der Waals surface area contributed by atoms with Crippen LogP contribution in [0.25, 0.3) is 0 Å². The molecule has 106 valence electrons. The normalized spacial score (nSPS) is 35.8. The van der Waals surface area contributed by atoms with E-state index >= 15 is 0 Å². The first kappa shape index (κ1) is 14.3. The minimum atomic E-state index is 0.742. The van der Waals surface area contributed by atoms with Gasteiger partial charge in [-0.05, 0) is 64.1 Å². The van der Waals surface area contributed by atoms with Crippen molar-refractivity contribution in [3.63, 3.8) is 0 Å². The predicted molar refractivity (Wildman–Crippen MR) is 78.9 cm³/mol. The van der Waals surface area contributed by atoms with E-state index in [2.05, 4.69) is 31.1 Å². The zero-order chi connectivity index (χ0) is 13.0. The molecule has 18 heavy (non-hydrogen) atoms. The summed E-state index contributed by atoms with van der Waals surface area (Å²) >= 11 is 0. The number of rotatable bonds is 4. The topological polar surface area (TPSA) is 15.3 Å². The maximum atomic E-state index is 3.58. The van der Waals surface area contributed by atoms with Gasteiger partial charge in [0.25, 0.3) is 0 Å². The van der Waals surface area contributed by atoms with E-state index in [4.69, 9.17) is 0 Å². The molecule has 1 saturated carbocycles. The van der Waals surface area contributed by atoms with Crippen molar-refractivity contribution in [2.45, 2.75) is 70.9 Å². The molecule has 0 aromatic heterocycles. The van der Waals surface area contributed by atoms with Gasteiger partial charge in [-0.3, -0.25) is 4.90 Å². The number of hydrogen-bond acceptors (Lipinski definition) is 2. The SMILES string of the molecule is CCCC1CCC(NC)C(N2CCC(C)CC2)C1. The van der Waals surface area contributed by atoms with Crippen molar-refractivity contribution in [2.75, 3.05) is 20.1 Å². The highest BCUT2D eigenvalue weighted by Gasteiger charge is 2.34. The Balaban J connectivity index is 1.93. The Bertz CT molecular complexity index is 233. The van der Waals surface area contributed by atoms with Crippen LogP contribution in [0, 0.1) is 11.8 Å². The van der Waals surface area contributed by atoms with E-state index < -0.39 is 0 Å². The number of likely N-dealkylation sites (tertiary alicyclic amines) is 1. The van der Waals surface area contributed by atoms with Crippen molar-refractivity contribution >= 4 is 0 Å². The van der Waals surface area contributed by atoms with E-state index in [0.29, 0.717) is 0 Å². The van der Waals surface area contributed by atoms with Crippen LogP contribution in [0.1, 0.15) is 58.8 Å². The maximum Gasteiger partial charge on any atom is 0.0251 e. The zero-order valence-corrected chi connectivity index (χ0v) is 12.6. The summed E-state index contributed by atoms with van der Waals surface area (Å²) in [6.07, 6.45) is 9.89. The molecule has 1 aliphatic carbocycles. The Morgan fingerprint density at radius 1 is 1.11 bits per heavy atom. The van der Waals surface area contributed by atoms with Crippen molar-refractivity contribution in [3.8, 4) is 0 Å². The summed E-state index contributed by atoms with van der Waals surface area (Å²) in [5, 5.41) is 3.58. The number of piperidine rings is 1. The summed E-state index contributed by atoms with van der Waals surface area (Å²) in [4.78, 5) is 2.79. The van der Waals surface area contributed by atoms with Crippen molar-refractivity contribution in [1.82, 2.24) is 10.2 Å². The molecule has 1 aliphatic heterocycles. The molecule has 3 unspecified atom stereocenters. The molecule has 2 nitrogen and oxygen atoms in total. The number of likely N-dealkylation sites (N-methyl/N-ethyl adjacent to an activating group) is 1. The van der Waals surface area contributed by atoms with Crippen LogP contribution in [0.2, 0.25) is 0 Å². The van der Waals surface area contributed by atoms with Gasteiger partial charge in [0.2, 0.25) is 0 Å². The molecule has 0 radical (unpaired) electrons. The van der Waals surface area contributed by atoms with Gasteiger partial charge in [0, 0.05) is 12.1 Å². The quantitative estimate of drug-likeness (QED) is 0.826. The van der Waals surface area contributed by atoms with E-state index in [9.17, 15) is 0 Å². The first-order valence-corrected chi connectivity index (χ1v) is 8.15. The van der Waals surface area contributed by atoms with Gasteiger partial charge in [-0.1, -0.05) is 26.7 Å². The fourth-order valence-corrected chi connectivity index (χ4v) is 4.00. The molecule has 2 heteroatoms. The van der Waals surface area contributed by atoms with Crippen LogP contribution in [0.4, 0.5) is 0 Å². The van der Waals surface area contributed by atoms with Gasteiger partial charge in [-0.2, -0.15) is 0 Å². The van der Waals surface area contributed by atoms with Gasteiger partial charge >= 0.3 is 0 Å². The monoisotopic (exact) mass is 252 g/mol. The zero-order valence-electron chi connectivity index (χ0n) is 12.6.